The van der Waals surface area contributed by atoms with Crippen LogP contribution in [0.4, 0.5) is 0 Å². The Balaban J connectivity index is 2.90. The molecule has 0 aromatic rings. The monoisotopic (exact) mass is 297 g/mol. The highest BCUT2D eigenvalue weighted by atomic mass is 16.5. The lowest BCUT2D eigenvalue weighted by Crippen LogP contribution is -2.51. The Kier molecular flexibility index (Phi) is 8.31. The van der Waals surface area contributed by atoms with Crippen LogP contribution in [0.3, 0.4) is 0 Å². The fraction of sp³-hybridized carbons (Fsp3) is 0.944. The molecule has 0 amide bonds. The number of carbonyl (C=O) groups is 1. The maximum Gasteiger partial charge on any atom is 0.307 e. The quantitative estimate of drug-likeness (QED) is 0.622. The number of esters is 1. The lowest BCUT2D eigenvalue weighted by atomic mass is 9.80. The minimum Gasteiger partial charge on any atom is -0.466 e. The largest absolute Gasteiger partial charge is 0.466 e. The number of hydrogen-bond donors (Lipinski definition) is 0. The standard InChI is InChI=1S/C18H35NO2/c1-5-16(4)14-18(6-2,15-17(20)21-7-3)19-12-10-8-9-11-13-19/h16H,5-15H2,1-4H3. The van der Waals surface area contributed by atoms with Gasteiger partial charge in [-0.3, -0.25) is 9.69 Å². The Morgan fingerprint density at radius 1 is 1.14 bits per heavy atom. The Hall–Kier alpha value is -0.570. The summed E-state index contributed by atoms with van der Waals surface area (Å²) in [4.78, 5) is 14.8. The molecule has 0 aliphatic carbocycles. The second kappa shape index (κ2) is 9.45. The average Bonchev–Trinajstić information content (AvgIpc) is 2.76. The van der Waals surface area contributed by atoms with Crippen molar-refractivity contribution >= 4 is 5.97 Å². The van der Waals surface area contributed by atoms with Crippen molar-refractivity contribution in [3.05, 3.63) is 0 Å². The average molecular weight is 297 g/mol. The number of hydrogen-bond acceptors (Lipinski definition) is 3. The summed E-state index contributed by atoms with van der Waals surface area (Å²) in [5, 5.41) is 0. The van der Waals surface area contributed by atoms with Crippen molar-refractivity contribution in [1.29, 1.82) is 0 Å². The predicted molar refractivity (Wildman–Crippen MR) is 88.4 cm³/mol. The Morgan fingerprint density at radius 2 is 1.76 bits per heavy atom. The molecule has 2 atom stereocenters. The van der Waals surface area contributed by atoms with Crippen LogP contribution in [-0.4, -0.2) is 36.1 Å². The molecule has 3 heteroatoms. The zero-order valence-electron chi connectivity index (χ0n) is 14.6. The van der Waals surface area contributed by atoms with Crippen LogP contribution in [-0.2, 0) is 9.53 Å². The molecule has 0 aromatic carbocycles. The van der Waals surface area contributed by atoms with Crippen LogP contribution >= 0.6 is 0 Å². The van der Waals surface area contributed by atoms with Crippen molar-refractivity contribution < 1.29 is 9.53 Å². The molecule has 0 saturated carbocycles. The van der Waals surface area contributed by atoms with E-state index in [9.17, 15) is 4.79 Å². The normalized spacial score (nSPS) is 21.3. The molecule has 124 valence electrons. The van der Waals surface area contributed by atoms with Gasteiger partial charge in [0.15, 0.2) is 0 Å². The molecule has 1 heterocycles. The molecule has 1 saturated heterocycles. The van der Waals surface area contributed by atoms with E-state index < -0.39 is 0 Å². The SMILES string of the molecule is CCOC(=O)CC(CC)(CC(C)CC)N1CCCCCC1. The van der Waals surface area contributed by atoms with Crippen LogP contribution < -0.4 is 0 Å². The first-order valence-corrected chi connectivity index (χ1v) is 8.98. The van der Waals surface area contributed by atoms with E-state index >= 15 is 0 Å². The maximum absolute atomic E-state index is 12.2. The molecule has 2 unspecified atom stereocenters. The van der Waals surface area contributed by atoms with Gasteiger partial charge in [-0.05, 0) is 51.6 Å². The number of likely N-dealkylation sites (tertiary alicyclic amines) is 1. The molecule has 0 N–H and O–H groups in total. The third-order valence-corrected chi connectivity index (χ3v) is 5.14. The molecular formula is C18H35NO2. The van der Waals surface area contributed by atoms with E-state index in [1.807, 2.05) is 6.92 Å². The summed E-state index contributed by atoms with van der Waals surface area (Å²) in [6.45, 7) is 11.5. The van der Waals surface area contributed by atoms with E-state index in [4.69, 9.17) is 4.74 Å². The number of carbonyl (C=O) groups excluding carboxylic acids is 1. The molecule has 21 heavy (non-hydrogen) atoms. The summed E-state index contributed by atoms with van der Waals surface area (Å²) in [5.74, 6) is 0.634. The molecular weight excluding hydrogens is 262 g/mol. The second-order valence-corrected chi connectivity index (χ2v) is 6.68. The molecule has 1 fully saturated rings. The Bertz CT molecular complexity index is 298. The van der Waals surface area contributed by atoms with Crippen molar-refractivity contribution in [2.24, 2.45) is 5.92 Å². The molecule has 1 aliphatic heterocycles. The number of ether oxygens (including phenoxy) is 1. The van der Waals surface area contributed by atoms with E-state index in [2.05, 4.69) is 25.7 Å². The molecule has 3 nitrogen and oxygen atoms in total. The summed E-state index contributed by atoms with van der Waals surface area (Å²) in [7, 11) is 0. The van der Waals surface area contributed by atoms with E-state index in [-0.39, 0.29) is 11.5 Å². The van der Waals surface area contributed by atoms with Gasteiger partial charge in [-0.15, -0.1) is 0 Å². The fourth-order valence-electron chi connectivity index (χ4n) is 3.62. The summed E-state index contributed by atoms with van der Waals surface area (Å²) in [5.41, 5.74) is 0.00597. The lowest BCUT2D eigenvalue weighted by molar-refractivity contribution is -0.147. The van der Waals surface area contributed by atoms with Gasteiger partial charge < -0.3 is 4.74 Å². The summed E-state index contributed by atoms with van der Waals surface area (Å²) >= 11 is 0. The van der Waals surface area contributed by atoms with E-state index in [1.54, 1.807) is 0 Å². The van der Waals surface area contributed by atoms with Crippen LogP contribution in [0.15, 0.2) is 0 Å². The topological polar surface area (TPSA) is 29.5 Å². The van der Waals surface area contributed by atoms with Gasteiger partial charge in [0.1, 0.15) is 0 Å². The van der Waals surface area contributed by atoms with Crippen molar-refractivity contribution in [2.75, 3.05) is 19.7 Å². The summed E-state index contributed by atoms with van der Waals surface area (Å²) in [6.07, 6.45) is 9.09. The minimum absolute atomic E-state index is 0.00597. The number of rotatable bonds is 8. The lowest BCUT2D eigenvalue weighted by Gasteiger charge is -2.44. The van der Waals surface area contributed by atoms with Gasteiger partial charge in [-0.2, -0.15) is 0 Å². The number of nitrogens with zero attached hydrogens (tertiary/aromatic N) is 1. The van der Waals surface area contributed by atoms with Crippen LogP contribution in [0.2, 0.25) is 0 Å². The van der Waals surface area contributed by atoms with Gasteiger partial charge in [0.05, 0.1) is 13.0 Å². The molecule has 0 spiro atoms. The van der Waals surface area contributed by atoms with E-state index in [0.29, 0.717) is 18.9 Å². The zero-order chi connectivity index (χ0) is 15.7. The first-order valence-electron chi connectivity index (χ1n) is 8.98. The van der Waals surface area contributed by atoms with E-state index in [1.165, 1.54) is 32.1 Å². The Morgan fingerprint density at radius 3 is 2.24 bits per heavy atom. The van der Waals surface area contributed by atoms with Gasteiger partial charge >= 0.3 is 5.97 Å². The maximum atomic E-state index is 12.2. The van der Waals surface area contributed by atoms with Gasteiger partial charge in [0.25, 0.3) is 0 Å². The van der Waals surface area contributed by atoms with Crippen molar-refractivity contribution in [2.45, 2.75) is 84.6 Å². The zero-order valence-corrected chi connectivity index (χ0v) is 14.6. The summed E-state index contributed by atoms with van der Waals surface area (Å²) < 4.78 is 5.27. The van der Waals surface area contributed by atoms with E-state index in [0.717, 1.165) is 25.9 Å². The van der Waals surface area contributed by atoms with Crippen molar-refractivity contribution in [1.82, 2.24) is 4.90 Å². The molecule has 1 aliphatic rings. The first kappa shape index (κ1) is 18.5. The smallest absolute Gasteiger partial charge is 0.307 e. The van der Waals surface area contributed by atoms with Crippen LogP contribution in [0.1, 0.15) is 79.1 Å². The molecule has 1 rings (SSSR count). The molecule has 0 bridgehead atoms. The third kappa shape index (κ3) is 5.61. The summed E-state index contributed by atoms with van der Waals surface area (Å²) in [6, 6.07) is 0. The highest BCUT2D eigenvalue weighted by Gasteiger charge is 2.38. The third-order valence-electron chi connectivity index (χ3n) is 5.14. The minimum atomic E-state index is -0.0214. The van der Waals surface area contributed by atoms with Crippen LogP contribution in [0, 0.1) is 5.92 Å². The highest BCUT2D eigenvalue weighted by Crippen LogP contribution is 2.34. The van der Waals surface area contributed by atoms with Crippen molar-refractivity contribution in [3.63, 3.8) is 0 Å². The Labute approximate surface area is 131 Å². The van der Waals surface area contributed by atoms with Crippen LogP contribution in [0.5, 0.6) is 0 Å². The molecule has 0 radical (unpaired) electrons. The fourth-order valence-corrected chi connectivity index (χ4v) is 3.62. The van der Waals surface area contributed by atoms with Crippen LogP contribution in [0.25, 0.3) is 0 Å². The first-order chi connectivity index (χ1) is 10.1. The predicted octanol–water partition coefficient (Wildman–Crippen LogP) is 4.40. The van der Waals surface area contributed by atoms with Gasteiger partial charge in [-0.25, -0.2) is 0 Å². The second-order valence-electron chi connectivity index (χ2n) is 6.68. The van der Waals surface area contributed by atoms with Gasteiger partial charge in [0, 0.05) is 5.54 Å². The van der Waals surface area contributed by atoms with Gasteiger partial charge in [-0.1, -0.05) is 40.0 Å². The molecule has 0 aromatic heterocycles. The highest BCUT2D eigenvalue weighted by molar-refractivity contribution is 5.70. The van der Waals surface area contributed by atoms with Gasteiger partial charge in [0.2, 0.25) is 0 Å². The van der Waals surface area contributed by atoms with Crippen molar-refractivity contribution in [3.8, 4) is 0 Å².